The molecule has 0 aliphatic rings. The number of hydrogen-bond acceptors (Lipinski definition) is 2. The summed E-state index contributed by atoms with van der Waals surface area (Å²) < 4.78 is 0. The van der Waals surface area contributed by atoms with Gasteiger partial charge in [0.1, 0.15) is 0 Å². The third kappa shape index (κ3) is 3.65. The molecule has 0 spiro atoms. The number of hydrogen-bond donors (Lipinski definition) is 0. The van der Waals surface area contributed by atoms with E-state index in [2.05, 4.69) is 86.5 Å². The molecule has 0 saturated heterocycles. The smallest absolute Gasteiger partial charge is 0.0408 e. The average Bonchev–Trinajstić information content (AvgIpc) is 3.02. The van der Waals surface area contributed by atoms with E-state index in [1.54, 1.807) is 0 Å². The lowest BCUT2D eigenvalue weighted by atomic mass is 10.1. The molecule has 1 nitrogen and oxygen atoms in total. The molecule has 118 valence electrons. The number of benzene rings is 2. The number of thiophene rings is 1. The largest absolute Gasteiger partial charge is 0.345 e. The van der Waals surface area contributed by atoms with Gasteiger partial charge in [0, 0.05) is 28.2 Å². The predicted molar refractivity (Wildman–Crippen MR) is 103 cm³/mol. The van der Waals surface area contributed by atoms with E-state index in [0.29, 0.717) is 0 Å². The molecule has 2 heteroatoms. The molecule has 3 aromatic rings. The lowest BCUT2D eigenvalue weighted by Crippen LogP contribution is -2.09. The Hall–Kier alpha value is -2.06. The molecule has 0 fully saturated rings. The van der Waals surface area contributed by atoms with Crippen molar-refractivity contribution < 1.29 is 0 Å². The lowest BCUT2D eigenvalue weighted by Gasteiger charge is -2.20. The minimum absolute atomic E-state index is 1.15. The minimum Gasteiger partial charge on any atom is -0.345 e. The van der Waals surface area contributed by atoms with Crippen molar-refractivity contribution in [2.24, 2.45) is 0 Å². The Morgan fingerprint density at radius 1 is 0.826 bits per heavy atom. The summed E-state index contributed by atoms with van der Waals surface area (Å²) in [6.45, 7) is 4.37. The van der Waals surface area contributed by atoms with Crippen molar-refractivity contribution in [2.75, 3.05) is 11.9 Å². The monoisotopic (exact) mass is 321 g/mol. The fourth-order valence-corrected chi connectivity index (χ4v) is 3.64. The maximum atomic E-state index is 2.24. The normalized spacial score (nSPS) is 10.7. The van der Waals surface area contributed by atoms with Gasteiger partial charge in [-0.3, -0.25) is 0 Å². The average molecular weight is 321 g/mol. The van der Waals surface area contributed by atoms with Crippen molar-refractivity contribution in [3.8, 4) is 10.4 Å². The highest BCUT2D eigenvalue weighted by atomic mass is 32.1. The summed E-state index contributed by atoms with van der Waals surface area (Å²) in [4.78, 5) is 4.92. The third-order valence-corrected chi connectivity index (χ3v) is 5.19. The van der Waals surface area contributed by atoms with Gasteiger partial charge >= 0.3 is 0 Å². The zero-order valence-corrected chi connectivity index (χ0v) is 14.9. The van der Waals surface area contributed by atoms with Gasteiger partial charge in [0.15, 0.2) is 0 Å². The number of nitrogens with zero attached hydrogens (tertiary/aromatic N) is 1. The molecular formula is C21H23NS. The number of aryl methyl sites for hydroxylation is 2. The van der Waals surface area contributed by atoms with Gasteiger partial charge in [-0.15, -0.1) is 11.3 Å². The highest BCUT2D eigenvalue weighted by Crippen LogP contribution is 2.30. The summed E-state index contributed by atoms with van der Waals surface area (Å²) in [7, 11) is 2.12. The lowest BCUT2D eigenvalue weighted by molar-refractivity contribution is 0.921. The SMILES string of the molecule is CCCc1ccc(N(C)c2ccc(-c3ccc(C)s3)cc2)cc1. The van der Waals surface area contributed by atoms with Crippen molar-refractivity contribution in [3.63, 3.8) is 0 Å². The first-order valence-corrected chi connectivity index (χ1v) is 8.98. The second-order valence-electron chi connectivity index (χ2n) is 5.93. The van der Waals surface area contributed by atoms with Gasteiger partial charge in [-0.05, 0) is 60.9 Å². The first-order valence-electron chi connectivity index (χ1n) is 8.17. The maximum Gasteiger partial charge on any atom is 0.0408 e. The molecule has 0 atom stereocenters. The Kier molecular flexibility index (Phi) is 4.82. The van der Waals surface area contributed by atoms with E-state index in [-0.39, 0.29) is 0 Å². The molecule has 0 amide bonds. The van der Waals surface area contributed by atoms with Crippen LogP contribution < -0.4 is 4.90 Å². The van der Waals surface area contributed by atoms with Crippen molar-refractivity contribution in [2.45, 2.75) is 26.7 Å². The Morgan fingerprint density at radius 3 is 1.96 bits per heavy atom. The van der Waals surface area contributed by atoms with Gasteiger partial charge in [-0.2, -0.15) is 0 Å². The Morgan fingerprint density at radius 2 is 1.43 bits per heavy atom. The number of rotatable bonds is 5. The Labute approximate surface area is 143 Å². The molecule has 1 heterocycles. The van der Waals surface area contributed by atoms with Gasteiger partial charge in [0.2, 0.25) is 0 Å². The third-order valence-electron chi connectivity index (χ3n) is 4.14. The molecular weight excluding hydrogens is 298 g/mol. The first kappa shape index (κ1) is 15.8. The van der Waals surface area contributed by atoms with Gasteiger partial charge in [0.05, 0.1) is 0 Å². The Bertz CT molecular complexity index is 753. The van der Waals surface area contributed by atoms with Gasteiger partial charge in [-0.25, -0.2) is 0 Å². The fraction of sp³-hybridized carbons (Fsp3) is 0.238. The summed E-state index contributed by atoms with van der Waals surface area (Å²) in [5.41, 5.74) is 5.14. The van der Waals surface area contributed by atoms with Crippen molar-refractivity contribution in [1.82, 2.24) is 0 Å². The van der Waals surface area contributed by atoms with Crippen LogP contribution in [0.25, 0.3) is 10.4 Å². The number of anilines is 2. The van der Waals surface area contributed by atoms with Crippen LogP contribution in [0.5, 0.6) is 0 Å². The second kappa shape index (κ2) is 7.01. The van der Waals surface area contributed by atoms with E-state index >= 15 is 0 Å². The molecule has 3 rings (SSSR count). The van der Waals surface area contributed by atoms with E-state index in [1.807, 2.05) is 11.3 Å². The molecule has 0 saturated carbocycles. The van der Waals surface area contributed by atoms with Crippen LogP contribution in [-0.2, 0) is 6.42 Å². The second-order valence-corrected chi connectivity index (χ2v) is 7.22. The quantitative estimate of drug-likeness (QED) is 0.522. The zero-order chi connectivity index (χ0) is 16.2. The van der Waals surface area contributed by atoms with Crippen LogP contribution in [0, 0.1) is 6.92 Å². The summed E-state index contributed by atoms with van der Waals surface area (Å²) in [6, 6.07) is 22.1. The highest BCUT2D eigenvalue weighted by Gasteiger charge is 2.06. The van der Waals surface area contributed by atoms with Gasteiger partial charge in [-0.1, -0.05) is 37.6 Å². The zero-order valence-electron chi connectivity index (χ0n) is 14.0. The van der Waals surface area contributed by atoms with E-state index in [0.717, 1.165) is 6.42 Å². The van der Waals surface area contributed by atoms with Crippen LogP contribution in [0.15, 0.2) is 60.7 Å². The van der Waals surface area contributed by atoms with Crippen LogP contribution in [0.2, 0.25) is 0 Å². The first-order chi connectivity index (χ1) is 11.2. The molecule has 0 N–H and O–H groups in total. The summed E-state index contributed by atoms with van der Waals surface area (Å²) in [6.07, 6.45) is 2.35. The van der Waals surface area contributed by atoms with Gasteiger partial charge < -0.3 is 4.90 Å². The molecule has 2 aromatic carbocycles. The molecule has 1 aromatic heterocycles. The van der Waals surface area contributed by atoms with Crippen molar-refractivity contribution in [1.29, 1.82) is 0 Å². The summed E-state index contributed by atoms with van der Waals surface area (Å²) in [5.74, 6) is 0. The molecule has 0 radical (unpaired) electrons. The topological polar surface area (TPSA) is 3.24 Å². The van der Waals surface area contributed by atoms with Crippen LogP contribution >= 0.6 is 11.3 Å². The maximum absolute atomic E-state index is 2.24. The van der Waals surface area contributed by atoms with E-state index in [4.69, 9.17) is 0 Å². The van der Waals surface area contributed by atoms with E-state index in [1.165, 1.54) is 38.7 Å². The van der Waals surface area contributed by atoms with Crippen molar-refractivity contribution in [3.05, 3.63) is 71.1 Å². The summed E-state index contributed by atoms with van der Waals surface area (Å²) >= 11 is 1.84. The van der Waals surface area contributed by atoms with E-state index in [9.17, 15) is 0 Å². The minimum atomic E-state index is 1.15. The highest BCUT2D eigenvalue weighted by molar-refractivity contribution is 7.15. The molecule has 0 aliphatic carbocycles. The Balaban J connectivity index is 1.78. The molecule has 0 bridgehead atoms. The summed E-state index contributed by atoms with van der Waals surface area (Å²) in [5, 5.41) is 0. The van der Waals surface area contributed by atoms with Crippen LogP contribution in [0.4, 0.5) is 11.4 Å². The molecule has 0 aliphatic heterocycles. The van der Waals surface area contributed by atoms with E-state index < -0.39 is 0 Å². The van der Waals surface area contributed by atoms with Crippen LogP contribution in [0.1, 0.15) is 23.8 Å². The molecule has 0 unspecified atom stereocenters. The van der Waals surface area contributed by atoms with Crippen LogP contribution in [-0.4, -0.2) is 7.05 Å². The fourth-order valence-electron chi connectivity index (χ4n) is 2.76. The predicted octanol–water partition coefficient (Wildman–Crippen LogP) is 6.44. The molecule has 23 heavy (non-hydrogen) atoms. The van der Waals surface area contributed by atoms with Gasteiger partial charge in [0.25, 0.3) is 0 Å². The standard InChI is InChI=1S/C21H23NS/c1-4-5-17-7-11-19(12-8-17)22(3)20-13-9-18(10-14-20)21-15-6-16(2)23-21/h6-15H,4-5H2,1-3H3. The van der Waals surface area contributed by atoms with Crippen molar-refractivity contribution >= 4 is 22.7 Å². The van der Waals surface area contributed by atoms with Crippen LogP contribution in [0.3, 0.4) is 0 Å².